The molecule has 2 aromatic carbocycles. The molecule has 0 fully saturated rings. The highest BCUT2D eigenvalue weighted by atomic mass is 19.1. The highest BCUT2D eigenvalue weighted by Crippen LogP contribution is 2.17. The lowest BCUT2D eigenvalue weighted by molar-refractivity contribution is -0.158. The van der Waals surface area contributed by atoms with E-state index in [1.807, 2.05) is 0 Å². The molecule has 0 radical (unpaired) electrons. The fourth-order valence-corrected chi connectivity index (χ4v) is 2.68. The van der Waals surface area contributed by atoms with Gasteiger partial charge in [-0.25, -0.2) is 4.39 Å². The molecule has 6 nitrogen and oxygen atoms in total. The number of carbonyl (C=O) groups is 2. The molecule has 0 aliphatic rings. The number of amides is 1. The average molecular weight is 403 g/mol. The number of ether oxygens (including phenoxy) is 3. The maximum absolute atomic E-state index is 13.3. The Bertz CT molecular complexity index is 809. The van der Waals surface area contributed by atoms with E-state index in [0.717, 1.165) is 5.75 Å². The molecule has 0 bridgehead atoms. The number of methoxy groups -OCH3 is 1. The smallest absolute Gasteiger partial charge is 0.306 e. The molecule has 1 unspecified atom stereocenters. The summed E-state index contributed by atoms with van der Waals surface area (Å²) in [5.74, 6) is 0.240. The summed E-state index contributed by atoms with van der Waals surface area (Å²) in [6.45, 7) is 2.10. The first-order valence-corrected chi connectivity index (χ1v) is 9.35. The van der Waals surface area contributed by atoms with Crippen LogP contribution in [0.1, 0.15) is 25.3 Å². The van der Waals surface area contributed by atoms with Crippen LogP contribution in [0, 0.1) is 5.82 Å². The molecule has 0 N–H and O–H groups in total. The average Bonchev–Trinajstić information content (AvgIpc) is 2.71. The predicted octanol–water partition coefficient (Wildman–Crippen LogP) is 3.58. The molecule has 0 saturated heterocycles. The summed E-state index contributed by atoms with van der Waals surface area (Å²) in [6.07, 6.45) is -0.310. The first kappa shape index (κ1) is 22.2. The van der Waals surface area contributed by atoms with Crippen LogP contribution in [-0.4, -0.2) is 43.6 Å². The number of benzene rings is 2. The molecule has 1 amide bonds. The molecule has 2 aromatic rings. The van der Waals surface area contributed by atoms with Crippen molar-refractivity contribution in [2.24, 2.45) is 0 Å². The van der Waals surface area contributed by atoms with Crippen molar-refractivity contribution >= 4 is 11.9 Å². The number of hydrogen-bond donors (Lipinski definition) is 0. The van der Waals surface area contributed by atoms with Crippen LogP contribution in [0.3, 0.4) is 0 Å². The zero-order valence-electron chi connectivity index (χ0n) is 16.9. The summed E-state index contributed by atoms with van der Waals surface area (Å²) < 4.78 is 29.1. The molecule has 0 heterocycles. The van der Waals surface area contributed by atoms with Crippen molar-refractivity contribution in [3.63, 3.8) is 0 Å². The van der Waals surface area contributed by atoms with Crippen LogP contribution in [-0.2, 0) is 20.9 Å². The third-order valence-corrected chi connectivity index (χ3v) is 4.19. The summed E-state index contributed by atoms with van der Waals surface area (Å²) in [5.41, 5.74) is 0.662. The summed E-state index contributed by atoms with van der Waals surface area (Å²) in [5, 5.41) is 0. The van der Waals surface area contributed by atoms with Crippen molar-refractivity contribution in [1.29, 1.82) is 0 Å². The molecule has 0 aliphatic carbocycles. The molecule has 29 heavy (non-hydrogen) atoms. The SMILES string of the molecule is COc1ccc(OCCCC(=O)OC(C)C(=O)N(C)Cc2cccc(F)c2)cc1. The van der Waals surface area contributed by atoms with Gasteiger partial charge in [0, 0.05) is 20.0 Å². The van der Waals surface area contributed by atoms with E-state index in [4.69, 9.17) is 14.2 Å². The van der Waals surface area contributed by atoms with Crippen LogP contribution >= 0.6 is 0 Å². The third kappa shape index (κ3) is 7.44. The summed E-state index contributed by atoms with van der Waals surface area (Å²) in [7, 11) is 3.17. The van der Waals surface area contributed by atoms with Gasteiger partial charge in [0.05, 0.1) is 13.7 Å². The van der Waals surface area contributed by atoms with Gasteiger partial charge >= 0.3 is 5.97 Å². The Morgan fingerprint density at radius 2 is 1.79 bits per heavy atom. The van der Waals surface area contributed by atoms with Crippen molar-refractivity contribution in [2.75, 3.05) is 20.8 Å². The lowest BCUT2D eigenvalue weighted by atomic mass is 10.2. The van der Waals surface area contributed by atoms with Gasteiger partial charge in [0.1, 0.15) is 17.3 Å². The second kappa shape index (κ2) is 11.0. The van der Waals surface area contributed by atoms with Crippen LogP contribution in [0.2, 0.25) is 0 Å². The molecule has 156 valence electrons. The highest BCUT2D eigenvalue weighted by molar-refractivity contribution is 5.83. The van der Waals surface area contributed by atoms with E-state index >= 15 is 0 Å². The van der Waals surface area contributed by atoms with E-state index in [1.54, 1.807) is 50.6 Å². The first-order valence-electron chi connectivity index (χ1n) is 9.35. The van der Waals surface area contributed by atoms with E-state index in [1.165, 1.54) is 24.0 Å². The first-order chi connectivity index (χ1) is 13.9. The van der Waals surface area contributed by atoms with Gasteiger partial charge in [-0.1, -0.05) is 12.1 Å². The van der Waals surface area contributed by atoms with Crippen LogP contribution in [0.4, 0.5) is 4.39 Å². The molecule has 0 saturated carbocycles. The summed E-state index contributed by atoms with van der Waals surface area (Å²) >= 11 is 0. The highest BCUT2D eigenvalue weighted by Gasteiger charge is 2.21. The van der Waals surface area contributed by atoms with Gasteiger partial charge in [-0.05, 0) is 55.3 Å². The maximum Gasteiger partial charge on any atom is 0.306 e. The molecule has 7 heteroatoms. The normalized spacial score (nSPS) is 11.4. The van der Waals surface area contributed by atoms with E-state index in [2.05, 4.69) is 0 Å². The molecule has 0 aliphatic heterocycles. The third-order valence-electron chi connectivity index (χ3n) is 4.19. The zero-order valence-corrected chi connectivity index (χ0v) is 16.9. The van der Waals surface area contributed by atoms with Crippen LogP contribution in [0.25, 0.3) is 0 Å². The Labute approximate surface area is 170 Å². The monoisotopic (exact) mass is 403 g/mol. The Balaban J connectivity index is 1.69. The van der Waals surface area contributed by atoms with Crippen molar-refractivity contribution in [2.45, 2.75) is 32.4 Å². The fraction of sp³-hybridized carbons (Fsp3) is 0.364. The van der Waals surface area contributed by atoms with E-state index < -0.39 is 12.1 Å². The maximum atomic E-state index is 13.3. The molecule has 2 rings (SSSR count). The number of halogens is 1. The summed E-state index contributed by atoms with van der Waals surface area (Å²) in [4.78, 5) is 25.7. The minimum atomic E-state index is -0.913. The fourth-order valence-electron chi connectivity index (χ4n) is 2.68. The number of hydrogen-bond acceptors (Lipinski definition) is 5. The number of esters is 1. The van der Waals surface area contributed by atoms with E-state index in [0.29, 0.717) is 24.3 Å². The van der Waals surface area contributed by atoms with Gasteiger partial charge < -0.3 is 19.1 Å². The largest absolute Gasteiger partial charge is 0.497 e. The standard InChI is InChI=1S/C22H26FNO5/c1-16(22(26)24(2)15-17-6-4-7-18(23)14-17)29-21(25)8-5-13-28-20-11-9-19(27-3)10-12-20/h4,6-7,9-12,14,16H,5,8,13,15H2,1-3H3. The number of likely N-dealkylation sites (N-methyl/N-ethyl adjacent to an activating group) is 1. The van der Waals surface area contributed by atoms with Crippen LogP contribution in [0.15, 0.2) is 48.5 Å². The zero-order chi connectivity index (χ0) is 21.2. The Morgan fingerprint density at radius 3 is 2.45 bits per heavy atom. The minimum absolute atomic E-state index is 0.140. The van der Waals surface area contributed by atoms with E-state index in [9.17, 15) is 14.0 Å². The predicted molar refractivity (Wildman–Crippen MR) is 106 cm³/mol. The second-order valence-corrected chi connectivity index (χ2v) is 6.58. The summed E-state index contributed by atoms with van der Waals surface area (Å²) in [6, 6.07) is 13.2. The Hall–Kier alpha value is -3.09. The van der Waals surface area contributed by atoms with Gasteiger partial charge in [-0.3, -0.25) is 9.59 Å². The number of rotatable bonds is 10. The second-order valence-electron chi connectivity index (χ2n) is 6.58. The van der Waals surface area contributed by atoms with Gasteiger partial charge in [-0.2, -0.15) is 0 Å². The molecule has 0 aromatic heterocycles. The minimum Gasteiger partial charge on any atom is -0.497 e. The van der Waals surface area contributed by atoms with Crippen molar-refractivity contribution in [1.82, 2.24) is 4.90 Å². The Morgan fingerprint density at radius 1 is 1.10 bits per heavy atom. The van der Waals surface area contributed by atoms with E-state index in [-0.39, 0.29) is 24.7 Å². The number of carbonyl (C=O) groups excluding carboxylic acids is 2. The van der Waals surface area contributed by atoms with Crippen molar-refractivity contribution in [3.05, 3.63) is 59.9 Å². The Kier molecular flexibility index (Phi) is 8.45. The van der Waals surface area contributed by atoms with Crippen LogP contribution < -0.4 is 9.47 Å². The van der Waals surface area contributed by atoms with Gasteiger partial charge in [0.15, 0.2) is 6.10 Å². The van der Waals surface area contributed by atoms with Crippen LogP contribution in [0.5, 0.6) is 11.5 Å². The van der Waals surface area contributed by atoms with Crippen molar-refractivity contribution < 1.29 is 28.2 Å². The van der Waals surface area contributed by atoms with Gasteiger partial charge in [0.25, 0.3) is 5.91 Å². The molecule has 1 atom stereocenters. The quantitative estimate of drug-likeness (QED) is 0.448. The number of nitrogens with zero attached hydrogens (tertiary/aromatic N) is 1. The topological polar surface area (TPSA) is 65.1 Å². The lowest BCUT2D eigenvalue weighted by Crippen LogP contribution is -2.37. The van der Waals surface area contributed by atoms with Gasteiger partial charge in [0.2, 0.25) is 0 Å². The van der Waals surface area contributed by atoms with Crippen molar-refractivity contribution in [3.8, 4) is 11.5 Å². The molecule has 0 spiro atoms. The molecular weight excluding hydrogens is 377 g/mol. The van der Waals surface area contributed by atoms with Gasteiger partial charge in [-0.15, -0.1) is 0 Å². The lowest BCUT2D eigenvalue weighted by Gasteiger charge is -2.21. The molecular formula is C22H26FNO5.